The Kier molecular flexibility index (Phi) is 4.73. The molecule has 1 aliphatic rings. The fourth-order valence-corrected chi connectivity index (χ4v) is 3.78. The number of nitrogens with zero attached hydrogens (tertiary/aromatic N) is 1. The first-order chi connectivity index (χ1) is 14.8. The highest BCUT2D eigenvalue weighted by molar-refractivity contribution is 6.06. The predicted molar refractivity (Wildman–Crippen MR) is 120 cm³/mol. The second-order valence-electron chi connectivity index (χ2n) is 7.27. The van der Waals surface area contributed by atoms with Gasteiger partial charge in [-0.2, -0.15) is 0 Å². The predicted octanol–water partition coefficient (Wildman–Crippen LogP) is 5.21. The zero-order valence-electron chi connectivity index (χ0n) is 16.4. The van der Waals surface area contributed by atoms with Crippen LogP contribution in [-0.2, 0) is 6.54 Å². The SMILES string of the molecule is O=C(Nc1ccc2c(c1)N(Cc1ccccc1)CCO2)Nc1c[nH]c2ccccc12. The Morgan fingerprint density at radius 1 is 1.00 bits per heavy atom. The summed E-state index contributed by atoms with van der Waals surface area (Å²) in [5.41, 5.74) is 4.66. The van der Waals surface area contributed by atoms with Crippen LogP contribution in [0.3, 0.4) is 0 Å². The normalized spacial score (nSPS) is 12.9. The Bertz CT molecular complexity index is 1190. The van der Waals surface area contributed by atoms with Gasteiger partial charge in [0.05, 0.1) is 17.9 Å². The molecule has 1 aromatic heterocycles. The van der Waals surface area contributed by atoms with Gasteiger partial charge >= 0.3 is 6.03 Å². The van der Waals surface area contributed by atoms with Crippen LogP contribution in [0.4, 0.5) is 21.9 Å². The molecule has 0 unspecified atom stereocenters. The summed E-state index contributed by atoms with van der Waals surface area (Å²) in [6.45, 7) is 2.24. The van der Waals surface area contributed by atoms with E-state index >= 15 is 0 Å². The van der Waals surface area contributed by atoms with Gasteiger partial charge in [-0.25, -0.2) is 4.79 Å². The summed E-state index contributed by atoms with van der Waals surface area (Å²) in [5.74, 6) is 0.833. The minimum absolute atomic E-state index is 0.286. The highest BCUT2D eigenvalue weighted by atomic mass is 16.5. The number of hydrogen-bond acceptors (Lipinski definition) is 3. The number of H-pyrrole nitrogens is 1. The fraction of sp³-hybridized carbons (Fsp3) is 0.125. The number of benzene rings is 3. The molecule has 0 atom stereocenters. The Morgan fingerprint density at radius 2 is 1.83 bits per heavy atom. The van der Waals surface area contributed by atoms with E-state index < -0.39 is 0 Å². The number of para-hydroxylation sites is 1. The number of aromatic amines is 1. The van der Waals surface area contributed by atoms with Crippen molar-refractivity contribution in [3.63, 3.8) is 0 Å². The van der Waals surface area contributed by atoms with E-state index in [4.69, 9.17) is 4.74 Å². The standard InChI is InChI=1S/C24H22N4O2/c29-24(27-21-15-25-20-9-5-4-8-19(20)21)26-18-10-11-23-22(14-18)28(12-13-30-23)16-17-6-2-1-3-7-17/h1-11,14-15,25H,12-13,16H2,(H2,26,27,29). The maximum Gasteiger partial charge on any atom is 0.323 e. The van der Waals surface area contributed by atoms with E-state index in [2.05, 4.69) is 32.7 Å². The zero-order valence-corrected chi connectivity index (χ0v) is 16.4. The summed E-state index contributed by atoms with van der Waals surface area (Å²) < 4.78 is 5.81. The monoisotopic (exact) mass is 398 g/mol. The van der Waals surface area contributed by atoms with Crippen molar-refractivity contribution in [3.8, 4) is 5.75 Å². The molecule has 1 aliphatic heterocycles. The van der Waals surface area contributed by atoms with Crippen LogP contribution in [0.2, 0.25) is 0 Å². The third-order valence-corrected chi connectivity index (χ3v) is 5.23. The molecule has 3 aromatic carbocycles. The second-order valence-corrected chi connectivity index (χ2v) is 7.27. The Morgan fingerprint density at radius 3 is 2.73 bits per heavy atom. The van der Waals surface area contributed by atoms with E-state index in [0.717, 1.165) is 46.8 Å². The molecule has 0 spiro atoms. The lowest BCUT2D eigenvalue weighted by Crippen LogP contribution is -2.32. The highest BCUT2D eigenvalue weighted by Gasteiger charge is 2.19. The maximum absolute atomic E-state index is 12.6. The molecule has 0 saturated carbocycles. The van der Waals surface area contributed by atoms with Crippen LogP contribution >= 0.6 is 0 Å². The summed E-state index contributed by atoms with van der Waals surface area (Å²) in [7, 11) is 0. The summed E-state index contributed by atoms with van der Waals surface area (Å²) in [6.07, 6.45) is 1.80. The highest BCUT2D eigenvalue weighted by Crippen LogP contribution is 2.35. The van der Waals surface area contributed by atoms with Gasteiger partial charge < -0.3 is 25.3 Å². The zero-order chi connectivity index (χ0) is 20.3. The van der Waals surface area contributed by atoms with Crippen LogP contribution in [0.5, 0.6) is 5.75 Å². The number of anilines is 3. The van der Waals surface area contributed by atoms with Crippen molar-refractivity contribution in [2.75, 3.05) is 28.7 Å². The van der Waals surface area contributed by atoms with Crippen LogP contribution in [0, 0.1) is 0 Å². The van der Waals surface area contributed by atoms with E-state index in [1.54, 1.807) is 6.20 Å². The summed E-state index contributed by atoms with van der Waals surface area (Å²) in [4.78, 5) is 18.0. The number of urea groups is 1. The molecule has 30 heavy (non-hydrogen) atoms. The van der Waals surface area contributed by atoms with Crippen molar-refractivity contribution in [2.24, 2.45) is 0 Å². The Balaban J connectivity index is 1.33. The van der Waals surface area contributed by atoms with Gasteiger partial charge in [0.15, 0.2) is 0 Å². The summed E-state index contributed by atoms with van der Waals surface area (Å²) in [6, 6.07) is 23.6. The first-order valence-electron chi connectivity index (χ1n) is 9.96. The van der Waals surface area contributed by atoms with E-state index in [1.165, 1.54) is 5.56 Å². The van der Waals surface area contributed by atoms with E-state index in [9.17, 15) is 4.79 Å². The number of fused-ring (bicyclic) bond motifs is 2. The third kappa shape index (κ3) is 3.67. The van der Waals surface area contributed by atoms with Crippen LogP contribution < -0.4 is 20.3 Å². The van der Waals surface area contributed by atoms with Crippen molar-refractivity contribution in [2.45, 2.75) is 6.54 Å². The maximum atomic E-state index is 12.6. The average Bonchev–Trinajstić information content (AvgIpc) is 3.18. The van der Waals surface area contributed by atoms with Gasteiger partial charge in [0, 0.05) is 29.3 Å². The Labute approximate surface area is 174 Å². The number of rotatable bonds is 4. The second kappa shape index (κ2) is 7.83. The van der Waals surface area contributed by atoms with Crippen molar-refractivity contribution in [1.29, 1.82) is 0 Å². The number of hydrogen-bond donors (Lipinski definition) is 3. The molecule has 0 radical (unpaired) electrons. The molecular formula is C24H22N4O2. The first kappa shape index (κ1) is 18.1. The minimum atomic E-state index is -0.286. The molecule has 5 rings (SSSR count). The number of nitrogens with one attached hydrogen (secondary N) is 3. The summed E-state index contributed by atoms with van der Waals surface area (Å²) in [5, 5.41) is 6.82. The molecule has 0 fully saturated rings. The largest absolute Gasteiger partial charge is 0.490 e. The molecule has 2 amide bonds. The van der Waals surface area contributed by atoms with Crippen LogP contribution in [0.15, 0.2) is 79.0 Å². The van der Waals surface area contributed by atoms with E-state index in [-0.39, 0.29) is 6.03 Å². The molecule has 6 heteroatoms. The van der Waals surface area contributed by atoms with Gasteiger partial charge in [-0.05, 0) is 29.8 Å². The van der Waals surface area contributed by atoms with Gasteiger partial charge in [-0.15, -0.1) is 0 Å². The number of ether oxygens (including phenoxy) is 1. The van der Waals surface area contributed by atoms with Gasteiger partial charge in [0.25, 0.3) is 0 Å². The molecule has 4 aromatic rings. The van der Waals surface area contributed by atoms with Gasteiger partial charge in [0.1, 0.15) is 12.4 Å². The molecule has 150 valence electrons. The van der Waals surface area contributed by atoms with E-state index in [0.29, 0.717) is 6.61 Å². The molecule has 3 N–H and O–H groups in total. The summed E-state index contributed by atoms with van der Waals surface area (Å²) >= 11 is 0. The molecule has 0 bridgehead atoms. The van der Waals surface area contributed by atoms with Crippen molar-refractivity contribution >= 4 is 34.0 Å². The number of carbonyl (C=O) groups is 1. The molecule has 2 heterocycles. The van der Waals surface area contributed by atoms with Crippen molar-refractivity contribution in [3.05, 3.63) is 84.6 Å². The van der Waals surface area contributed by atoms with Crippen LogP contribution in [-0.4, -0.2) is 24.2 Å². The fourth-order valence-electron chi connectivity index (χ4n) is 3.78. The van der Waals surface area contributed by atoms with Crippen LogP contribution in [0.1, 0.15) is 5.56 Å². The smallest absolute Gasteiger partial charge is 0.323 e. The molecule has 0 saturated heterocycles. The minimum Gasteiger partial charge on any atom is -0.490 e. The molecule has 0 aliphatic carbocycles. The Hall–Kier alpha value is -3.93. The number of carbonyl (C=O) groups excluding carboxylic acids is 1. The lowest BCUT2D eigenvalue weighted by molar-refractivity contribution is 0.262. The van der Waals surface area contributed by atoms with Gasteiger partial charge in [0.2, 0.25) is 0 Å². The number of aromatic nitrogens is 1. The third-order valence-electron chi connectivity index (χ3n) is 5.23. The van der Waals surface area contributed by atoms with Gasteiger partial charge in [-0.1, -0.05) is 48.5 Å². The molecule has 6 nitrogen and oxygen atoms in total. The van der Waals surface area contributed by atoms with Gasteiger partial charge in [-0.3, -0.25) is 0 Å². The van der Waals surface area contributed by atoms with E-state index in [1.807, 2.05) is 60.7 Å². The molecular weight excluding hydrogens is 376 g/mol. The lowest BCUT2D eigenvalue weighted by atomic mass is 10.1. The number of amides is 2. The van der Waals surface area contributed by atoms with Crippen molar-refractivity contribution < 1.29 is 9.53 Å². The topological polar surface area (TPSA) is 69.4 Å². The van der Waals surface area contributed by atoms with Crippen molar-refractivity contribution in [1.82, 2.24) is 4.98 Å². The first-order valence-corrected chi connectivity index (χ1v) is 9.96. The average molecular weight is 398 g/mol. The van der Waals surface area contributed by atoms with Crippen LogP contribution in [0.25, 0.3) is 10.9 Å². The quantitative estimate of drug-likeness (QED) is 0.442. The lowest BCUT2D eigenvalue weighted by Gasteiger charge is -2.31.